The number of carbonyl (C=O) groups is 1. The minimum Gasteiger partial charge on any atom is -0.494 e. The molecule has 0 bridgehead atoms. The number of allylic oxidation sites excluding steroid dienone is 1. The van der Waals surface area contributed by atoms with Gasteiger partial charge in [-0.2, -0.15) is 0 Å². The van der Waals surface area contributed by atoms with Crippen LogP contribution in [0.4, 0.5) is 5.69 Å². The number of aromatic nitrogens is 1. The van der Waals surface area contributed by atoms with Gasteiger partial charge in [0.15, 0.2) is 4.80 Å². The fourth-order valence-corrected chi connectivity index (χ4v) is 6.00. The number of fused-ring (bicyclic) bond motifs is 1. The molecule has 4 rings (SSSR count). The molecule has 2 heterocycles. The van der Waals surface area contributed by atoms with Gasteiger partial charge >= 0.3 is 5.97 Å². The fourth-order valence-electron chi connectivity index (χ4n) is 4.21. The molecule has 7 nitrogen and oxygen atoms in total. The predicted molar refractivity (Wildman–Crippen MR) is 146 cm³/mol. The van der Waals surface area contributed by atoms with E-state index in [1.54, 1.807) is 18.4 Å². The van der Waals surface area contributed by atoms with Crippen molar-refractivity contribution in [2.45, 2.75) is 26.8 Å². The van der Waals surface area contributed by atoms with Crippen LogP contribution in [0.2, 0.25) is 0 Å². The number of para-hydroxylation sites is 1. The van der Waals surface area contributed by atoms with E-state index in [-0.39, 0.29) is 12.2 Å². The molecule has 0 spiro atoms. The van der Waals surface area contributed by atoms with Crippen molar-refractivity contribution in [2.75, 3.05) is 32.2 Å². The summed E-state index contributed by atoms with van der Waals surface area (Å²) in [5, 5.41) is 0. The highest BCUT2D eigenvalue weighted by Gasteiger charge is 2.35. The normalized spacial score (nSPS) is 15.4. The maximum Gasteiger partial charge on any atom is 0.338 e. The summed E-state index contributed by atoms with van der Waals surface area (Å²) in [6.07, 6.45) is 1.85. The maximum atomic E-state index is 13.8. The van der Waals surface area contributed by atoms with E-state index in [2.05, 4.69) is 20.9 Å². The Morgan fingerprint density at radius 2 is 1.94 bits per heavy atom. The molecule has 0 radical (unpaired) electrons. The number of thiazole rings is 1. The van der Waals surface area contributed by atoms with Gasteiger partial charge in [-0.25, -0.2) is 9.79 Å². The van der Waals surface area contributed by atoms with Gasteiger partial charge in [0.25, 0.3) is 5.56 Å². The second-order valence-electron chi connectivity index (χ2n) is 8.38. The Labute approximate surface area is 222 Å². The first-order valence-corrected chi connectivity index (χ1v) is 13.3. The summed E-state index contributed by atoms with van der Waals surface area (Å²) in [4.78, 5) is 34.1. The highest BCUT2D eigenvalue weighted by molar-refractivity contribution is 9.10. The zero-order valence-electron chi connectivity index (χ0n) is 20.9. The molecule has 0 aliphatic carbocycles. The Hall–Kier alpha value is -3.17. The number of nitrogens with zero attached hydrogens (tertiary/aromatic N) is 3. The van der Waals surface area contributed by atoms with E-state index < -0.39 is 12.0 Å². The molecule has 1 aliphatic rings. The van der Waals surface area contributed by atoms with Crippen LogP contribution in [0.15, 0.2) is 68.0 Å². The molecule has 9 heteroatoms. The number of ether oxygens (including phenoxy) is 2. The first-order valence-electron chi connectivity index (χ1n) is 11.6. The number of carbonyl (C=O) groups excluding carboxylic acids is 1. The number of rotatable bonds is 7. The highest BCUT2D eigenvalue weighted by Crippen LogP contribution is 2.35. The van der Waals surface area contributed by atoms with Crippen LogP contribution in [0.3, 0.4) is 0 Å². The van der Waals surface area contributed by atoms with Crippen molar-refractivity contribution in [3.05, 3.63) is 89.0 Å². The van der Waals surface area contributed by atoms with E-state index >= 15 is 0 Å². The standard InChI is InChI=1S/C27H28BrN3O4S/c1-6-34-21-11-9-8-10-18(21)24-23(26(33)35-7-2)16(3)29-27-31(24)25(32)22(36-27)15-17-12-13-20(30(4)5)19(28)14-17/h8-15,24H,6-7H2,1-5H3/b22-15-/t24-/m1/s1. The summed E-state index contributed by atoms with van der Waals surface area (Å²) in [5.41, 5.74) is 3.26. The lowest BCUT2D eigenvalue weighted by atomic mass is 9.95. The van der Waals surface area contributed by atoms with E-state index in [4.69, 9.17) is 9.47 Å². The Balaban J connectivity index is 1.95. The van der Waals surface area contributed by atoms with Crippen LogP contribution in [0.5, 0.6) is 5.75 Å². The van der Waals surface area contributed by atoms with Crippen molar-refractivity contribution in [1.82, 2.24) is 4.57 Å². The van der Waals surface area contributed by atoms with Crippen molar-refractivity contribution in [1.29, 1.82) is 0 Å². The van der Waals surface area contributed by atoms with Crippen molar-refractivity contribution >= 4 is 45.0 Å². The minimum absolute atomic E-state index is 0.220. The lowest BCUT2D eigenvalue weighted by Crippen LogP contribution is -2.40. The lowest BCUT2D eigenvalue weighted by Gasteiger charge is -2.26. The number of esters is 1. The lowest BCUT2D eigenvalue weighted by molar-refractivity contribution is -0.139. The summed E-state index contributed by atoms with van der Waals surface area (Å²) < 4.78 is 14.3. The molecule has 1 aliphatic heterocycles. The van der Waals surface area contributed by atoms with Gasteiger partial charge in [0.2, 0.25) is 0 Å². The molecule has 0 saturated carbocycles. The second kappa shape index (κ2) is 10.8. The van der Waals surface area contributed by atoms with Gasteiger partial charge in [0.05, 0.1) is 34.7 Å². The zero-order valence-corrected chi connectivity index (χ0v) is 23.3. The molecule has 0 amide bonds. The minimum atomic E-state index is -0.715. The molecule has 1 aromatic heterocycles. The number of benzene rings is 2. The van der Waals surface area contributed by atoms with E-state index in [1.807, 2.05) is 74.5 Å². The smallest absolute Gasteiger partial charge is 0.338 e. The molecule has 0 saturated heterocycles. The third-order valence-electron chi connectivity index (χ3n) is 5.78. The zero-order chi connectivity index (χ0) is 26.0. The Morgan fingerprint density at radius 3 is 2.61 bits per heavy atom. The second-order valence-corrected chi connectivity index (χ2v) is 10.2. The first-order chi connectivity index (χ1) is 17.3. The van der Waals surface area contributed by atoms with Crippen molar-refractivity contribution in [2.24, 2.45) is 4.99 Å². The van der Waals surface area contributed by atoms with E-state index in [0.717, 1.165) is 15.7 Å². The van der Waals surface area contributed by atoms with Gasteiger partial charge in [-0.05, 0) is 66.5 Å². The molecule has 0 fully saturated rings. The molecular weight excluding hydrogens is 542 g/mol. The van der Waals surface area contributed by atoms with Gasteiger partial charge < -0.3 is 14.4 Å². The predicted octanol–water partition coefficient (Wildman–Crippen LogP) is 4.03. The molecule has 1 atom stereocenters. The molecule has 188 valence electrons. The van der Waals surface area contributed by atoms with E-state index in [9.17, 15) is 9.59 Å². The van der Waals surface area contributed by atoms with Gasteiger partial charge in [-0.3, -0.25) is 9.36 Å². The number of hydrogen-bond donors (Lipinski definition) is 0. The van der Waals surface area contributed by atoms with Crippen LogP contribution in [-0.2, 0) is 9.53 Å². The van der Waals surface area contributed by atoms with E-state index in [1.165, 1.54) is 11.3 Å². The molecule has 0 N–H and O–H groups in total. The molecular formula is C27H28BrN3O4S. The summed E-state index contributed by atoms with van der Waals surface area (Å²) in [6.45, 7) is 6.10. The van der Waals surface area contributed by atoms with Crippen LogP contribution < -0.4 is 24.5 Å². The summed E-state index contributed by atoms with van der Waals surface area (Å²) >= 11 is 4.91. The Kier molecular flexibility index (Phi) is 7.80. The number of hydrogen-bond acceptors (Lipinski definition) is 7. The van der Waals surface area contributed by atoms with E-state index in [0.29, 0.717) is 38.5 Å². The molecule has 3 aromatic rings. The fraction of sp³-hybridized carbons (Fsp3) is 0.296. The average Bonchev–Trinajstić information content (AvgIpc) is 3.13. The van der Waals surface area contributed by atoms with Crippen molar-refractivity contribution < 1.29 is 14.3 Å². The van der Waals surface area contributed by atoms with Crippen LogP contribution in [0.25, 0.3) is 6.08 Å². The third-order valence-corrected chi connectivity index (χ3v) is 7.40. The quantitative estimate of drug-likeness (QED) is 0.402. The average molecular weight is 571 g/mol. The van der Waals surface area contributed by atoms with Gasteiger partial charge in [-0.1, -0.05) is 35.6 Å². The summed E-state index contributed by atoms with van der Waals surface area (Å²) in [5.74, 6) is 0.117. The first kappa shape index (κ1) is 25.9. The van der Waals surface area contributed by atoms with Crippen molar-refractivity contribution in [3.63, 3.8) is 0 Å². The third kappa shape index (κ3) is 4.90. The highest BCUT2D eigenvalue weighted by atomic mass is 79.9. The monoisotopic (exact) mass is 569 g/mol. The largest absolute Gasteiger partial charge is 0.494 e. The van der Waals surface area contributed by atoms with Crippen molar-refractivity contribution in [3.8, 4) is 5.75 Å². The Morgan fingerprint density at radius 1 is 1.19 bits per heavy atom. The topological polar surface area (TPSA) is 73.1 Å². The summed E-state index contributed by atoms with van der Waals surface area (Å²) in [6, 6.07) is 12.7. The summed E-state index contributed by atoms with van der Waals surface area (Å²) in [7, 11) is 3.95. The van der Waals surface area contributed by atoms with Crippen LogP contribution >= 0.6 is 27.3 Å². The maximum absolute atomic E-state index is 13.8. The van der Waals surface area contributed by atoms with Crippen LogP contribution in [0.1, 0.15) is 37.9 Å². The van der Waals surface area contributed by atoms with Gasteiger partial charge in [-0.15, -0.1) is 0 Å². The van der Waals surface area contributed by atoms with Gasteiger partial charge in [0.1, 0.15) is 11.8 Å². The molecule has 0 unspecified atom stereocenters. The number of halogens is 1. The number of anilines is 1. The van der Waals surface area contributed by atoms with Crippen LogP contribution in [-0.4, -0.2) is 37.8 Å². The molecule has 36 heavy (non-hydrogen) atoms. The SMILES string of the molecule is CCOC(=O)C1=C(C)N=c2s/c(=C\c3ccc(N(C)C)c(Br)c3)c(=O)n2[C@@H]1c1ccccc1OCC. The Bertz CT molecular complexity index is 1520. The molecule has 2 aromatic carbocycles. The van der Waals surface area contributed by atoms with Crippen LogP contribution in [0, 0.1) is 0 Å². The van der Waals surface area contributed by atoms with Gasteiger partial charge in [0, 0.05) is 24.1 Å².